The van der Waals surface area contributed by atoms with Crippen molar-refractivity contribution < 1.29 is 13.3 Å². The quantitative estimate of drug-likeness (QED) is 0.510. The Labute approximate surface area is 163 Å². The van der Waals surface area contributed by atoms with Crippen LogP contribution in [0.3, 0.4) is 0 Å². The Morgan fingerprint density at radius 1 is 1.22 bits per heavy atom. The van der Waals surface area contributed by atoms with E-state index in [-0.39, 0.29) is 22.3 Å². The number of sulfonamides is 1. The lowest BCUT2D eigenvalue weighted by molar-refractivity contribution is -0.384. The van der Waals surface area contributed by atoms with Gasteiger partial charge in [0, 0.05) is 17.6 Å². The fourth-order valence-corrected chi connectivity index (χ4v) is 3.63. The Kier molecular flexibility index (Phi) is 6.77. The number of hydrogen-bond donors (Lipinski definition) is 2. The van der Waals surface area contributed by atoms with Gasteiger partial charge in [0.1, 0.15) is 5.69 Å². The molecule has 0 saturated carbocycles. The molecule has 0 radical (unpaired) electrons. The van der Waals surface area contributed by atoms with Crippen molar-refractivity contribution in [3.63, 3.8) is 0 Å². The second-order valence-electron chi connectivity index (χ2n) is 6.03. The van der Waals surface area contributed by atoms with Gasteiger partial charge in [0.05, 0.1) is 15.9 Å². The average molecular weight is 413 g/mol. The maximum absolute atomic E-state index is 11.9. The average Bonchev–Trinajstić information content (AvgIpc) is 2.62. The van der Waals surface area contributed by atoms with E-state index in [1.807, 2.05) is 37.2 Å². The molecule has 2 rings (SSSR count). The predicted octanol–water partition coefficient (Wildman–Crippen LogP) is 2.87. The van der Waals surface area contributed by atoms with Crippen LogP contribution in [0.2, 0.25) is 5.02 Å². The van der Waals surface area contributed by atoms with E-state index in [0.717, 1.165) is 11.6 Å². The third-order valence-corrected chi connectivity index (χ3v) is 5.87. The third-order valence-electron chi connectivity index (χ3n) is 4.12. The van der Waals surface area contributed by atoms with E-state index < -0.39 is 14.9 Å². The molecule has 2 aromatic carbocycles. The van der Waals surface area contributed by atoms with E-state index in [2.05, 4.69) is 10.0 Å². The molecule has 1 atom stereocenters. The van der Waals surface area contributed by atoms with Crippen molar-refractivity contribution in [3.05, 3.63) is 63.2 Å². The summed E-state index contributed by atoms with van der Waals surface area (Å²) in [5.74, 6) is 0. The van der Waals surface area contributed by atoms with Gasteiger partial charge in [-0.3, -0.25) is 10.1 Å². The standard InChI is InChI=1S/C17H21ClN4O4S/c1-19-27(25,26)12-8-9-15(16(10-12)22(23)24)20-11-17(21(2)3)13-6-4-5-7-14(13)18/h4-10,17,19-20H,11H2,1-3H3/t17-/m1/s1. The zero-order valence-corrected chi connectivity index (χ0v) is 16.7. The highest BCUT2D eigenvalue weighted by molar-refractivity contribution is 7.89. The molecule has 8 nitrogen and oxygen atoms in total. The maximum Gasteiger partial charge on any atom is 0.293 e. The molecule has 2 N–H and O–H groups in total. The van der Waals surface area contributed by atoms with Crippen LogP contribution in [0, 0.1) is 10.1 Å². The molecule has 0 fully saturated rings. The van der Waals surface area contributed by atoms with Crippen LogP contribution in [0.1, 0.15) is 11.6 Å². The first kappa shape index (κ1) is 21.1. The molecule has 0 aromatic heterocycles. The minimum absolute atomic E-state index is 0.140. The van der Waals surface area contributed by atoms with Crippen LogP contribution in [0.4, 0.5) is 11.4 Å². The minimum Gasteiger partial charge on any atom is -0.378 e. The molecule has 0 aliphatic heterocycles. The van der Waals surface area contributed by atoms with Crippen LogP contribution >= 0.6 is 11.6 Å². The van der Waals surface area contributed by atoms with Crippen molar-refractivity contribution in [1.82, 2.24) is 9.62 Å². The molecule has 146 valence electrons. The number of nitrogens with zero attached hydrogens (tertiary/aromatic N) is 2. The Morgan fingerprint density at radius 2 is 1.89 bits per heavy atom. The van der Waals surface area contributed by atoms with Gasteiger partial charge in [-0.25, -0.2) is 13.1 Å². The zero-order chi connectivity index (χ0) is 20.2. The first-order valence-corrected chi connectivity index (χ1v) is 9.90. The van der Waals surface area contributed by atoms with Crippen LogP contribution in [0.25, 0.3) is 0 Å². The lowest BCUT2D eigenvalue weighted by Gasteiger charge is -2.26. The van der Waals surface area contributed by atoms with Gasteiger partial charge in [-0.05, 0) is 44.9 Å². The number of rotatable bonds is 8. The number of nitro groups is 1. The molecule has 10 heteroatoms. The molecular weight excluding hydrogens is 392 g/mol. The summed E-state index contributed by atoms with van der Waals surface area (Å²) in [7, 11) is 1.24. The normalized spacial score (nSPS) is 12.8. The molecule has 0 aliphatic rings. The van der Waals surface area contributed by atoms with Crippen molar-refractivity contribution in [2.45, 2.75) is 10.9 Å². The van der Waals surface area contributed by atoms with E-state index >= 15 is 0 Å². The second kappa shape index (κ2) is 8.66. The number of nitrogens with one attached hydrogen (secondary N) is 2. The van der Waals surface area contributed by atoms with Crippen molar-refractivity contribution in [3.8, 4) is 0 Å². The Balaban J connectivity index is 2.33. The summed E-state index contributed by atoms with van der Waals surface area (Å²) in [5.41, 5.74) is 0.797. The second-order valence-corrected chi connectivity index (χ2v) is 8.32. The maximum atomic E-state index is 11.9. The molecule has 0 saturated heterocycles. The molecular formula is C17H21ClN4O4S. The van der Waals surface area contributed by atoms with Gasteiger partial charge in [-0.2, -0.15) is 0 Å². The van der Waals surface area contributed by atoms with E-state index in [1.54, 1.807) is 6.07 Å². The van der Waals surface area contributed by atoms with Gasteiger partial charge in [0.25, 0.3) is 5.69 Å². The summed E-state index contributed by atoms with van der Waals surface area (Å²) in [6.07, 6.45) is 0. The van der Waals surface area contributed by atoms with Crippen molar-refractivity contribution >= 4 is 33.0 Å². The molecule has 0 aliphatic carbocycles. The topological polar surface area (TPSA) is 105 Å². The number of benzene rings is 2. The van der Waals surface area contributed by atoms with Crippen molar-refractivity contribution in [2.24, 2.45) is 0 Å². The van der Waals surface area contributed by atoms with Crippen LogP contribution < -0.4 is 10.0 Å². The van der Waals surface area contributed by atoms with Crippen LogP contribution in [0.15, 0.2) is 47.4 Å². The van der Waals surface area contributed by atoms with Crippen LogP contribution in [0.5, 0.6) is 0 Å². The van der Waals surface area contributed by atoms with Crippen molar-refractivity contribution in [1.29, 1.82) is 0 Å². The SMILES string of the molecule is CNS(=O)(=O)c1ccc(NC[C@H](c2ccccc2Cl)N(C)C)c([N+](=O)[O-])c1. The summed E-state index contributed by atoms with van der Waals surface area (Å²) in [6, 6.07) is 11.0. The van der Waals surface area contributed by atoms with Gasteiger partial charge in [0.2, 0.25) is 10.0 Å². The van der Waals surface area contributed by atoms with Gasteiger partial charge in [-0.1, -0.05) is 29.8 Å². The van der Waals surface area contributed by atoms with Gasteiger partial charge >= 0.3 is 0 Å². The highest BCUT2D eigenvalue weighted by Gasteiger charge is 2.22. The summed E-state index contributed by atoms with van der Waals surface area (Å²) in [5, 5.41) is 15.1. The lowest BCUT2D eigenvalue weighted by Crippen LogP contribution is -2.27. The molecule has 0 heterocycles. The Hall–Kier alpha value is -2.20. The Morgan fingerprint density at radius 3 is 2.44 bits per heavy atom. The number of anilines is 1. The van der Waals surface area contributed by atoms with Crippen LogP contribution in [-0.4, -0.2) is 45.9 Å². The monoisotopic (exact) mass is 412 g/mol. The van der Waals surface area contributed by atoms with E-state index in [4.69, 9.17) is 11.6 Å². The largest absolute Gasteiger partial charge is 0.378 e. The molecule has 0 unspecified atom stereocenters. The fourth-order valence-electron chi connectivity index (χ4n) is 2.62. The molecule has 0 bridgehead atoms. The fraction of sp³-hybridized carbons (Fsp3) is 0.294. The summed E-state index contributed by atoms with van der Waals surface area (Å²) in [4.78, 5) is 12.6. The van der Waals surface area contributed by atoms with Crippen molar-refractivity contribution in [2.75, 3.05) is 33.0 Å². The summed E-state index contributed by atoms with van der Waals surface area (Å²) >= 11 is 6.28. The number of halogens is 1. The zero-order valence-electron chi connectivity index (χ0n) is 15.1. The van der Waals surface area contributed by atoms with E-state index in [1.165, 1.54) is 19.2 Å². The lowest BCUT2D eigenvalue weighted by atomic mass is 10.1. The molecule has 0 amide bonds. The van der Waals surface area contributed by atoms with Crippen LogP contribution in [-0.2, 0) is 10.0 Å². The summed E-state index contributed by atoms with van der Waals surface area (Å²) in [6.45, 7) is 0.343. The number of likely N-dealkylation sites (N-methyl/N-ethyl adjacent to an activating group) is 1. The summed E-state index contributed by atoms with van der Waals surface area (Å²) < 4.78 is 25.9. The Bertz CT molecular complexity index is 934. The number of nitro benzene ring substituents is 1. The minimum atomic E-state index is -3.77. The molecule has 0 spiro atoms. The first-order chi connectivity index (χ1) is 12.7. The predicted molar refractivity (Wildman–Crippen MR) is 106 cm³/mol. The van der Waals surface area contributed by atoms with Gasteiger partial charge in [0.15, 0.2) is 0 Å². The smallest absolute Gasteiger partial charge is 0.293 e. The van der Waals surface area contributed by atoms with E-state index in [0.29, 0.717) is 11.6 Å². The van der Waals surface area contributed by atoms with Gasteiger partial charge in [-0.15, -0.1) is 0 Å². The highest BCUT2D eigenvalue weighted by Crippen LogP contribution is 2.30. The number of hydrogen-bond acceptors (Lipinski definition) is 6. The first-order valence-electron chi connectivity index (χ1n) is 8.04. The van der Waals surface area contributed by atoms with Gasteiger partial charge < -0.3 is 10.2 Å². The highest BCUT2D eigenvalue weighted by atomic mass is 35.5. The van der Waals surface area contributed by atoms with E-state index in [9.17, 15) is 18.5 Å². The molecule has 2 aromatic rings. The molecule has 27 heavy (non-hydrogen) atoms. The third kappa shape index (κ3) is 4.95.